The average molecular weight is 308 g/mol. The number of amides is 1. The van der Waals surface area contributed by atoms with Crippen molar-refractivity contribution in [2.45, 2.75) is 51.4 Å². The number of carbonyl (C=O) groups excluding carboxylic acids is 1. The largest absolute Gasteiger partial charge is 0.481 e. The van der Waals surface area contributed by atoms with Gasteiger partial charge in [0.05, 0.1) is 0 Å². The van der Waals surface area contributed by atoms with Crippen molar-refractivity contribution in [3.05, 3.63) is 0 Å². The fraction of sp³-hybridized carbons (Fsp3) is 0.882. The van der Waals surface area contributed by atoms with Gasteiger partial charge >= 0.3 is 5.97 Å². The number of hydrogen-bond acceptors (Lipinski definition) is 3. The van der Waals surface area contributed by atoms with Crippen LogP contribution >= 0.6 is 0 Å². The summed E-state index contributed by atoms with van der Waals surface area (Å²) in [5.41, 5.74) is 0.462. The topological polar surface area (TPSA) is 69.6 Å². The Morgan fingerprint density at radius 1 is 1.18 bits per heavy atom. The van der Waals surface area contributed by atoms with E-state index in [2.05, 4.69) is 10.2 Å². The molecule has 22 heavy (non-hydrogen) atoms. The molecule has 0 bridgehead atoms. The van der Waals surface area contributed by atoms with Gasteiger partial charge in [-0.3, -0.25) is 9.59 Å². The van der Waals surface area contributed by atoms with Crippen molar-refractivity contribution in [2.24, 2.45) is 17.3 Å². The lowest BCUT2D eigenvalue weighted by molar-refractivity contribution is -0.137. The fourth-order valence-electron chi connectivity index (χ4n) is 3.83. The third-order valence-electron chi connectivity index (χ3n) is 5.79. The third-order valence-corrected chi connectivity index (χ3v) is 5.79. The molecule has 1 spiro atoms. The van der Waals surface area contributed by atoms with Crippen LogP contribution in [-0.4, -0.2) is 48.1 Å². The van der Waals surface area contributed by atoms with Gasteiger partial charge in [-0.15, -0.1) is 0 Å². The number of piperidine rings is 1. The molecule has 2 N–H and O–H groups in total. The lowest BCUT2D eigenvalue weighted by atomic mass is 9.96. The smallest absolute Gasteiger partial charge is 0.303 e. The maximum atomic E-state index is 12.0. The van der Waals surface area contributed by atoms with Gasteiger partial charge in [0.25, 0.3) is 0 Å². The third kappa shape index (κ3) is 4.00. The monoisotopic (exact) mass is 308 g/mol. The first-order valence-electron chi connectivity index (χ1n) is 8.81. The van der Waals surface area contributed by atoms with Crippen molar-refractivity contribution in [2.75, 3.05) is 26.2 Å². The number of hydrogen-bond donors (Lipinski definition) is 2. The summed E-state index contributed by atoms with van der Waals surface area (Å²) in [5, 5.41) is 11.8. The Hall–Kier alpha value is -1.10. The standard InChI is InChI=1S/C17H28N2O3/c20-15(21)3-1-2-8-19-9-4-13(5-10-19)12-18-16(22)14-11-17(14)6-7-17/h13-14H,1-12H2,(H,18,22)(H,20,21). The highest BCUT2D eigenvalue weighted by molar-refractivity contribution is 5.83. The highest BCUT2D eigenvalue weighted by atomic mass is 16.4. The van der Waals surface area contributed by atoms with Crippen LogP contribution < -0.4 is 5.32 Å². The van der Waals surface area contributed by atoms with Crippen LogP contribution in [0.5, 0.6) is 0 Å². The second kappa shape index (κ2) is 6.57. The molecule has 1 atom stereocenters. The van der Waals surface area contributed by atoms with Crippen LogP contribution in [0, 0.1) is 17.3 Å². The number of carbonyl (C=O) groups is 2. The summed E-state index contributed by atoms with van der Waals surface area (Å²) in [5.74, 6) is 0.557. The quantitative estimate of drug-likeness (QED) is 0.672. The van der Waals surface area contributed by atoms with Crippen LogP contribution in [0.15, 0.2) is 0 Å². The molecular formula is C17H28N2O3. The van der Waals surface area contributed by atoms with E-state index < -0.39 is 5.97 Å². The van der Waals surface area contributed by atoms with Crippen LogP contribution in [0.4, 0.5) is 0 Å². The number of unbranched alkanes of at least 4 members (excludes halogenated alkanes) is 1. The summed E-state index contributed by atoms with van der Waals surface area (Å²) in [7, 11) is 0. The van der Waals surface area contributed by atoms with Crippen LogP contribution in [0.1, 0.15) is 51.4 Å². The molecule has 2 aliphatic carbocycles. The normalized spacial score (nSPS) is 26.8. The van der Waals surface area contributed by atoms with Gasteiger partial charge in [-0.2, -0.15) is 0 Å². The van der Waals surface area contributed by atoms with Gasteiger partial charge in [0.1, 0.15) is 0 Å². The Bertz CT molecular complexity index is 426. The van der Waals surface area contributed by atoms with Gasteiger partial charge in [0, 0.05) is 18.9 Å². The van der Waals surface area contributed by atoms with Crippen LogP contribution in [0.3, 0.4) is 0 Å². The first-order chi connectivity index (χ1) is 10.6. The molecule has 0 aromatic rings. The van der Waals surface area contributed by atoms with Crippen molar-refractivity contribution in [1.82, 2.24) is 10.2 Å². The molecule has 2 saturated carbocycles. The van der Waals surface area contributed by atoms with E-state index in [-0.39, 0.29) is 6.42 Å². The van der Waals surface area contributed by atoms with E-state index in [0.29, 0.717) is 23.2 Å². The lowest BCUT2D eigenvalue weighted by Crippen LogP contribution is -2.39. The molecule has 3 rings (SSSR count). The molecular weight excluding hydrogens is 280 g/mol. The molecule has 1 heterocycles. The van der Waals surface area contributed by atoms with E-state index in [1.54, 1.807) is 0 Å². The van der Waals surface area contributed by atoms with Gasteiger partial charge in [-0.25, -0.2) is 0 Å². The predicted molar refractivity (Wildman–Crippen MR) is 83.4 cm³/mol. The zero-order valence-electron chi connectivity index (χ0n) is 13.4. The minimum atomic E-state index is -0.696. The number of nitrogens with one attached hydrogen (secondary N) is 1. The molecule has 1 amide bonds. The zero-order valence-corrected chi connectivity index (χ0v) is 13.4. The van der Waals surface area contributed by atoms with Gasteiger partial charge in [0.2, 0.25) is 5.91 Å². The van der Waals surface area contributed by atoms with Crippen molar-refractivity contribution < 1.29 is 14.7 Å². The maximum Gasteiger partial charge on any atom is 0.303 e. The van der Waals surface area contributed by atoms with Gasteiger partial charge in [-0.1, -0.05) is 0 Å². The molecule has 5 heteroatoms. The zero-order chi connectivity index (χ0) is 15.6. The molecule has 1 aliphatic heterocycles. The van der Waals surface area contributed by atoms with E-state index in [1.807, 2.05) is 0 Å². The highest BCUT2D eigenvalue weighted by Gasteiger charge is 2.65. The van der Waals surface area contributed by atoms with Gasteiger partial charge < -0.3 is 15.3 Å². The van der Waals surface area contributed by atoms with E-state index in [9.17, 15) is 9.59 Å². The van der Waals surface area contributed by atoms with Crippen molar-refractivity contribution in [1.29, 1.82) is 0 Å². The molecule has 3 aliphatic rings. The number of aliphatic carboxylic acids is 1. The van der Waals surface area contributed by atoms with Crippen molar-refractivity contribution in [3.8, 4) is 0 Å². The summed E-state index contributed by atoms with van der Waals surface area (Å²) in [6.07, 6.45) is 7.99. The molecule has 5 nitrogen and oxygen atoms in total. The van der Waals surface area contributed by atoms with Gasteiger partial charge in [-0.05, 0) is 75.9 Å². The lowest BCUT2D eigenvalue weighted by Gasteiger charge is -2.32. The first kappa shape index (κ1) is 15.8. The fourth-order valence-corrected chi connectivity index (χ4v) is 3.83. The number of carboxylic acids is 1. The molecule has 124 valence electrons. The summed E-state index contributed by atoms with van der Waals surface area (Å²) < 4.78 is 0. The Balaban J connectivity index is 1.24. The Kier molecular flexibility index (Phi) is 4.71. The minimum absolute atomic E-state index is 0.283. The number of carboxylic acid groups (broad SMARTS) is 1. The second-order valence-electron chi connectivity index (χ2n) is 7.50. The number of rotatable bonds is 8. The minimum Gasteiger partial charge on any atom is -0.481 e. The summed E-state index contributed by atoms with van der Waals surface area (Å²) in [4.78, 5) is 24.9. The van der Waals surface area contributed by atoms with Crippen molar-refractivity contribution >= 4 is 11.9 Å². The van der Waals surface area contributed by atoms with E-state index in [0.717, 1.165) is 58.3 Å². The van der Waals surface area contributed by atoms with E-state index in [1.165, 1.54) is 12.8 Å². The molecule has 0 aromatic carbocycles. The van der Waals surface area contributed by atoms with E-state index >= 15 is 0 Å². The summed E-state index contributed by atoms with van der Waals surface area (Å²) in [6.45, 7) is 4.02. The summed E-state index contributed by atoms with van der Waals surface area (Å²) >= 11 is 0. The van der Waals surface area contributed by atoms with Crippen LogP contribution in [-0.2, 0) is 9.59 Å². The van der Waals surface area contributed by atoms with Crippen molar-refractivity contribution in [3.63, 3.8) is 0 Å². The van der Waals surface area contributed by atoms with E-state index in [4.69, 9.17) is 5.11 Å². The molecule has 1 unspecified atom stereocenters. The Labute approximate surface area is 132 Å². The highest BCUT2D eigenvalue weighted by Crippen LogP contribution is 2.70. The molecule has 0 aromatic heterocycles. The van der Waals surface area contributed by atoms with Crippen LogP contribution in [0.2, 0.25) is 0 Å². The maximum absolute atomic E-state index is 12.0. The molecule has 0 radical (unpaired) electrons. The number of likely N-dealkylation sites (tertiary alicyclic amines) is 1. The number of nitrogens with zero attached hydrogens (tertiary/aromatic N) is 1. The second-order valence-corrected chi connectivity index (χ2v) is 7.50. The SMILES string of the molecule is O=C(O)CCCCN1CCC(CNC(=O)C2CC23CC3)CC1. The molecule has 3 fully saturated rings. The molecule has 1 saturated heterocycles. The van der Waals surface area contributed by atoms with Crippen LogP contribution in [0.25, 0.3) is 0 Å². The predicted octanol–water partition coefficient (Wildman–Crippen LogP) is 1.87. The first-order valence-corrected chi connectivity index (χ1v) is 8.81. The average Bonchev–Trinajstić information content (AvgIpc) is 3.42. The summed E-state index contributed by atoms with van der Waals surface area (Å²) in [6, 6.07) is 0. The van der Waals surface area contributed by atoms with Gasteiger partial charge in [0.15, 0.2) is 0 Å². The Morgan fingerprint density at radius 3 is 2.50 bits per heavy atom. The Morgan fingerprint density at radius 2 is 1.91 bits per heavy atom.